The van der Waals surface area contributed by atoms with E-state index >= 15 is 0 Å². The molecular weight excluding hydrogens is 288 g/mol. The molecule has 2 nitrogen and oxygen atoms in total. The molecule has 2 rings (SSSR count). The Labute approximate surface area is 130 Å². The first-order valence-corrected chi connectivity index (χ1v) is 7.29. The van der Waals surface area contributed by atoms with Crippen molar-refractivity contribution in [3.05, 3.63) is 64.7 Å². The summed E-state index contributed by atoms with van der Waals surface area (Å²) in [7, 11) is 0. The molecular formula is C16H17ClN2S. The Bertz CT molecular complexity index is 581. The molecule has 0 amide bonds. The largest absolute Gasteiger partial charge is 0.362 e. The van der Waals surface area contributed by atoms with Crippen LogP contribution in [0.4, 0.5) is 5.69 Å². The molecule has 2 N–H and O–H groups in total. The summed E-state index contributed by atoms with van der Waals surface area (Å²) in [5, 5.41) is 7.82. The summed E-state index contributed by atoms with van der Waals surface area (Å²) in [5.74, 6) is 0. The third-order valence-corrected chi connectivity index (χ3v) is 3.50. The lowest BCUT2D eigenvalue weighted by atomic mass is 10.1. The molecule has 0 fully saturated rings. The van der Waals surface area contributed by atoms with Crippen LogP contribution in [0.2, 0.25) is 5.02 Å². The molecule has 20 heavy (non-hydrogen) atoms. The zero-order valence-electron chi connectivity index (χ0n) is 11.3. The summed E-state index contributed by atoms with van der Waals surface area (Å²) in [6.45, 7) is 2.85. The summed E-state index contributed by atoms with van der Waals surface area (Å²) in [5.41, 5.74) is 3.45. The van der Waals surface area contributed by atoms with Crippen LogP contribution in [0.15, 0.2) is 48.5 Å². The number of halogens is 1. The van der Waals surface area contributed by atoms with Crippen LogP contribution in [0.5, 0.6) is 0 Å². The summed E-state index contributed by atoms with van der Waals surface area (Å²) in [6.07, 6.45) is 0.909. The molecule has 0 unspecified atom stereocenters. The fraction of sp³-hybridized carbons (Fsp3) is 0.188. The maximum Gasteiger partial charge on any atom is 0.170 e. The molecule has 0 bridgehead atoms. The number of aryl methyl sites for hydroxylation is 1. The van der Waals surface area contributed by atoms with Crippen LogP contribution >= 0.6 is 23.8 Å². The van der Waals surface area contributed by atoms with Gasteiger partial charge in [0.2, 0.25) is 0 Å². The predicted octanol–water partition coefficient (Wildman–Crippen LogP) is 4.18. The van der Waals surface area contributed by atoms with Crippen LogP contribution in [-0.4, -0.2) is 11.7 Å². The third kappa shape index (κ3) is 4.51. The van der Waals surface area contributed by atoms with Crippen LogP contribution in [0.25, 0.3) is 0 Å². The topological polar surface area (TPSA) is 24.1 Å². The van der Waals surface area contributed by atoms with Crippen LogP contribution in [-0.2, 0) is 6.42 Å². The van der Waals surface area contributed by atoms with E-state index in [2.05, 4.69) is 23.6 Å². The van der Waals surface area contributed by atoms with Crippen molar-refractivity contribution in [1.29, 1.82) is 0 Å². The van der Waals surface area contributed by atoms with Gasteiger partial charge in [-0.1, -0.05) is 41.9 Å². The Balaban J connectivity index is 1.78. The highest BCUT2D eigenvalue weighted by molar-refractivity contribution is 7.80. The van der Waals surface area contributed by atoms with Gasteiger partial charge in [0, 0.05) is 17.3 Å². The van der Waals surface area contributed by atoms with Gasteiger partial charge in [-0.05, 0) is 54.9 Å². The van der Waals surface area contributed by atoms with Gasteiger partial charge in [-0.2, -0.15) is 0 Å². The Morgan fingerprint density at radius 1 is 1.10 bits per heavy atom. The van der Waals surface area contributed by atoms with Crippen molar-refractivity contribution in [3.8, 4) is 0 Å². The minimum Gasteiger partial charge on any atom is -0.362 e. The summed E-state index contributed by atoms with van der Waals surface area (Å²) in [4.78, 5) is 0. The molecule has 0 aliphatic heterocycles. The van der Waals surface area contributed by atoms with E-state index in [0.717, 1.165) is 23.7 Å². The van der Waals surface area contributed by atoms with Gasteiger partial charge in [-0.15, -0.1) is 0 Å². The third-order valence-electron chi connectivity index (χ3n) is 3.01. The van der Waals surface area contributed by atoms with Gasteiger partial charge in [0.15, 0.2) is 5.11 Å². The molecule has 0 aliphatic rings. The minimum absolute atomic E-state index is 0.647. The first-order chi connectivity index (χ1) is 9.65. The number of anilines is 1. The molecule has 0 saturated heterocycles. The monoisotopic (exact) mass is 304 g/mol. The molecule has 0 aliphatic carbocycles. The normalized spacial score (nSPS) is 10.1. The van der Waals surface area contributed by atoms with E-state index in [1.807, 2.05) is 42.5 Å². The number of para-hydroxylation sites is 1. The summed E-state index contributed by atoms with van der Waals surface area (Å²) < 4.78 is 0. The van der Waals surface area contributed by atoms with Crippen LogP contribution < -0.4 is 10.6 Å². The lowest BCUT2D eigenvalue weighted by Gasteiger charge is -2.12. The van der Waals surface area contributed by atoms with Gasteiger partial charge in [-0.3, -0.25) is 0 Å². The molecule has 0 atom stereocenters. The molecule has 4 heteroatoms. The standard InChI is InChI=1S/C16H17ClN2S/c1-12-4-2-3-5-15(12)19-16(20)18-11-10-13-6-8-14(17)9-7-13/h2-9H,10-11H2,1H3,(H2,18,19,20). The lowest BCUT2D eigenvalue weighted by Crippen LogP contribution is -2.30. The number of hydrogen-bond donors (Lipinski definition) is 2. The van der Waals surface area contributed by atoms with Crippen molar-refractivity contribution in [2.24, 2.45) is 0 Å². The SMILES string of the molecule is Cc1ccccc1NC(=S)NCCc1ccc(Cl)cc1. The van der Waals surface area contributed by atoms with Gasteiger partial charge >= 0.3 is 0 Å². The quantitative estimate of drug-likeness (QED) is 0.829. The van der Waals surface area contributed by atoms with E-state index in [1.165, 1.54) is 11.1 Å². The molecule has 0 heterocycles. The molecule has 2 aromatic rings. The number of hydrogen-bond acceptors (Lipinski definition) is 1. The number of rotatable bonds is 4. The zero-order valence-corrected chi connectivity index (χ0v) is 12.9. The van der Waals surface area contributed by atoms with Crippen molar-refractivity contribution >= 4 is 34.6 Å². The number of nitrogens with one attached hydrogen (secondary N) is 2. The predicted molar refractivity (Wildman–Crippen MR) is 90.6 cm³/mol. The van der Waals surface area contributed by atoms with Crippen LogP contribution in [0.1, 0.15) is 11.1 Å². The van der Waals surface area contributed by atoms with E-state index in [4.69, 9.17) is 23.8 Å². The molecule has 2 aromatic carbocycles. The van der Waals surface area contributed by atoms with Crippen molar-refractivity contribution in [1.82, 2.24) is 5.32 Å². The Morgan fingerprint density at radius 3 is 2.50 bits per heavy atom. The van der Waals surface area contributed by atoms with Crippen molar-refractivity contribution < 1.29 is 0 Å². The molecule has 0 spiro atoms. The summed E-state index contributed by atoms with van der Waals surface area (Å²) >= 11 is 11.1. The maximum absolute atomic E-state index is 5.85. The van der Waals surface area contributed by atoms with Crippen LogP contribution in [0.3, 0.4) is 0 Å². The number of thiocarbonyl (C=S) groups is 1. The lowest BCUT2D eigenvalue weighted by molar-refractivity contribution is 0.873. The van der Waals surface area contributed by atoms with Crippen molar-refractivity contribution in [2.45, 2.75) is 13.3 Å². The Kier molecular flexibility index (Phi) is 5.39. The van der Waals surface area contributed by atoms with Crippen molar-refractivity contribution in [3.63, 3.8) is 0 Å². The minimum atomic E-state index is 0.647. The second kappa shape index (κ2) is 7.27. The molecule has 104 valence electrons. The van der Waals surface area contributed by atoms with Crippen LogP contribution in [0, 0.1) is 6.92 Å². The fourth-order valence-corrected chi connectivity index (χ4v) is 2.19. The van der Waals surface area contributed by atoms with Crippen molar-refractivity contribution in [2.75, 3.05) is 11.9 Å². The van der Waals surface area contributed by atoms with E-state index < -0.39 is 0 Å². The van der Waals surface area contributed by atoms with Gasteiger partial charge in [0.05, 0.1) is 0 Å². The first-order valence-electron chi connectivity index (χ1n) is 6.50. The zero-order chi connectivity index (χ0) is 14.4. The summed E-state index contributed by atoms with van der Waals surface area (Å²) in [6, 6.07) is 15.9. The van der Waals surface area contributed by atoms with E-state index in [1.54, 1.807) is 0 Å². The van der Waals surface area contributed by atoms with Gasteiger partial charge in [0.1, 0.15) is 0 Å². The average Bonchev–Trinajstić information content (AvgIpc) is 2.44. The maximum atomic E-state index is 5.85. The molecule has 0 radical (unpaired) electrons. The van der Waals surface area contributed by atoms with E-state index in [-0.39, 0.29) is 0 Å². The fourth-order valence-electron chi connectivity index (χ4n) is 1.85. The Hall–Kier alpha value is -1.58. The average molecular weight is 305 g/mol. The van der Waals surface area contributed by atoms with E-state index in [9.17, 15) is 0 Å². The van der Waals surface area contributed by atoms with Gasteiger partial charge < -0.3 is 10.6 Å². The highest BCUT2D eigenvalue weighted by Crippen LogP contribution is 2.13. The van der Waals surface area contributed by atoms with Gasteiger partial charge in [-0.25, -0.2) is 0 Å². The first kappa shape index (κ1) is 14.8. The Morgan fingerprint density at radius 2 is 1.80 bits per heavy atom. The number of benzene rings is 2. The second-order valence-electron chi connectivity index (χ2n) is 4.57. The highest BCUT2D eigenvalue weighted by Gasteiger charge is 2.00. The highest BCUT2D eigenvalue weighted by atomic mass is 35.5. The molecule has 0 aromatic heterocycles. The van der Waals surface area contributed by atoms with E-state index in [0.29, 0.717) is 5.11 Å². The smallest absolute Gasteiger partial charge is 0.170 e. The molecule has 0 saturated carbocycles. The van der Waals surface area contributed by atoms with Gasteiger partial charge in [0.25, 0.3) is 0 Å². The second-order valence-corrected chi connectivity index (χ2v) is 5.42.